The Labute approximate surface area is 201 Å². The normalized spacial score (nSPS) is 19.9. The van der Waals surface area contributed by atoms with Crippen LogP contribution in [0.2, 0.25) is 5.02 Å². The number of aromatic nitrogens is 4. The largest absolute Gasteiger partial charge is 0.456 e. The topological polar surface area (TPSA) is 117 Å². The zero-order valence-corrected chi connectivity index (χ0v) is 19.2. The molecule has 9 nitrogen and oxygen atoms in total. The summed E-state index contributed by atoms with van der Waals surface area (Å²) in [4.78, 5) is 11.1. The zero-order valence-electron chi connectivity index (χ0n) is 18.5. The molecule has 0 amide bonds. The molecule has 34 heavy (non-hydrogen) atoms. The van der Waals surface area contributed by atoms with Crippen LogP contribution in [0.25, 0.3) is 10.9 Å². The molecule has 0 saturated carbocycles. The van der Waals surface area contributed by atoms with Gasteiger partial charge in [0.25, 0.3) is 0 Å². The lowest BCUT2D eigenvalue weighted by molar-refractivity contribution is 0.340. The molecule has 2 aliphatic heterocycles. The molecule has 2 aromatic carbocycles. The molecule has 0 bridgehead atoms. The number of hydrogen-bond donors (Lipinski definition) is 4. The molecule has 2 atom stereocenters. The van der Waals surface area contributed by atoms with Crippen LogP contribution in [0.1, 0.15) is 12.8 Å². The third kappa shape index (κ3) is 4.20. The van der Waals surface area contributed by atoms with E-state index in [-0.39, 0.29) is 5.95 Å². The van der Waals surface area contributed by atoms with Crippen molar-refractivity contribution in [3.05, 3.63) is 53.7 Å². The maximum absolute atomic E-state index is 6.52. The molecule has 2 fully saturated rings. The highest BCUT2D eigenvalue weighted by molar-refractivity contribution is 6.32. The number of aromatic amines is 1. The van der Waals surface area contributed by atoms with Gasteiger partial charge in [-0.3, -0.25) is 5.10 Å². The lowest BCUT2D eigenvalue weighted by Gasteiger charge is -2.24. The van der Waals surface area contributed by atoms with E-state index < -0.39 is 0 Å². The van der Waals surface area contributed by atoms with Crippen LogP contribution in [0.4, 0.5) is 23.3 Å². The van der Waals surface area contributed by atoms with Crippen LogP contribution in [0.5, 0.6) is 11.5 Å². The van der Waals surface area contributed by atoms with E-state index in [9.17, 15) is 0 Å². The highest BCUT2D eigenvalue weighted by Crippen LogP contribution is 2.34. The Morgan fingerprint density at radius 1 is 1.12 bits per heavy atom. The number of nitrogens with zero attached hydrogens (tertiary/aromatic N) is 4. The molecule has 0 aliphatic carbocycles. The van der Waals surface area contributed by atoms with Crippen molar-refractivity contribution in [3.63, 3.8) is 0 Å². The van der Waals surface area contributed by atoms with Gasteiger partial charge in [0.2, 0.25) is 5.95 Å². The summed E-state index contributed by atoms with van der Waals surface area (Å²) in [6.45, 7) is 3.01. The van der Waals surface area contributed by atoms with Gasteiger partial charge in [0, 0.05) is 36.3 Å². The Morgan fingerprint density at radius 3 is 2.94 bits per heavy atom. The summed E-state index contributed by atoms with van der Waals surface area (Å²) < 4.78 is 5.98. The first-order chi connectivity index (χ1) is 16.6. The van der Waals surface area contributed by atoms with Crippen molar-refractivity contribution >= 4 is 45.8 Å². The SMILES string of the molecule is Nc1nc(Nc2ccc(Oc3ccc4[nH]ncc4c3)c(Cl)c2)cc(N2C[C@H]3CCCN[C@H]3C2)n1. The van der Waals surface area contributed by atoms with E-state index >= 15 is 0 Å². The minimum atomic E-state index is 0.239. The molecule has 4 heterocycles. The fourth-order valence-corrected chi connectivity index (χ4v) is 5.05. The van der Waals surface area contributed by atoms with Gasteiger partial charge in [-0.1, -0.05) is 11.6 Å². The fraction of sp³-hybridized carbons (Fsp3) is 0.292. The Kier molecular flexibility index (Phi) is 5.35. The smallest absolute Gasteiger partial charge is 0.223 e. The Morgan fingerprint density at radius 2 is 2.06 bits per heavy atom. The number of anilines is 4. The van der Waals surface area contributed by atoms with Gasteiger partial charge in [-0.2, -0.15) is 15.1 Å². The van der Waals surface area contributed by atoms with Crippen molar-refractivity contribution in [3.8, 4) is 11.5 Å². The van der Waals surface area contributed by atoms with Gasteiger partial charge in [0.15, 0.2) is 0 Å². The maximum atomic E-state index is 6.52. The third-order valence-corrected chi connectivity index (χ3v) is 6.79. The number of nitrogen functional groups attached to an aromatic ring is 1. The number of H-pyrrole nitrogens is 1. The summed E-state index contributed by atoms with van der Waals surface area (Å²) in [5, 5.41) is 15.3. The number of benzene rings is 2. The number of nitrogens with two attached hydrogens (primary N) is 1. The van der Waals surface area contributed by atoms with Gasteiger partial charge in [-0.25, -0.2) is 0 Å². The average Bonchev–Trinajstić information content (AvgIpc) is 3.47. The number of ether oxygens (including phenoxy) is 1. The van der Waals surface area contributed by atoms with Crippen molar-refractivity contribution in [2.45, 2.75) is 18.9 Å². The summed E-state index contributed by atoms with van der Waals surface area (Å²) >= 11 is 6.52. The Hall–Kier alpha value is -3.56. The van der Waals surface area contributed by atoms with Gasteiger partial charge in [-0.15, -0.1) is 0 Å². The number of fused-ring (bicyclic) bond motifs is 2. The van der Waals surface area contributed by atoms with Crippen LogP contribution in [-0.2, 0) is 0 Å². The molecule has 174 valence electrons. The molecule has 6 rings (SSSR count). The first kappa shape index (κ1) is 21.0. The van der Waals surface area contributed by atoms with Crippen LogP contribution in [0.15, 0.2) is 48.7 Å². The molecule has 10 heteroatoms. The predicted molar refractivity (Wildman–Crippen MR) is 134 cm³/mol. The van der Waals surface area contributed by atoms with E-state index in [1.165, 1.54) is 12.8 Å². The van der Waals surface area contributed by atoms with Crippen LogP contribution < -0.4 is 26.0 Å². The third-order valence-electron chi connectivity index (χ3n) is 6.50. The summed E-state index contributed by atoms with van der Waals surface area (Å²) in [5.41, 5.74) is 7.77. The van der Waals surface area contributed by atoms with E-state index in [2.05, 4.69) is 35.7 Å². The minimum Gasteiger partial charge on any atom is -0.456 e. The van der Waals surface area contributed by atoms with Crippen molar-refractivity contribution in [1.82, 2.24) is 25.5 Å². The summed E-state index contributed by atoms with van der Waals surface area (Å²) in [5.74, 6) is 3.60. The monoisotopic (exact) mass is 476 g/mol. The number of nitrogens with one attached hydrogen (secondary N) is 3. The first-order valence-electron chi connectivity index (χ1n) is 11.4. The maximum Gasteiger partial charge on any atom is 0.223 e. The standard InChI is InChI=1S/C24H25ClN8O/c25-18-9-16(3-6-21(18)34-17-4-5-19-15(8-17)11-28-32-19)29-22-10-23(31-24(26)30-22)33-12-14-2-1-7-27-20(14)13-33/h3-6,8-11,14,20,27H,1-2,7,12-13H2,(H,28,32)(H3,26,29,30,31)/t14-,20+/m1/s1. The zero-order chi connectivity index (χ0) is 23.1. The fourth-order valence-electron chi connectivity index (χ4n) is 4.83. The number of piperidine rings is 1. The van der Waals surface area contributed by atoms with Crippen LogP contribution in [-0.4, -0.2) is 45.8 Å². The summed E-state index contributed by atoms with van der Waals surface area (Å²) in [6.07, 6.45) is 4.24. The Bertz CT molecular complexity index is 1330. The lowest BCUT2D eigenvalue weighted by atomic mass is 9.94. The Balaban J connectivity index is 1.18. The van der Waals surface area contributed by atoms with Gasteiger partial charge in [0.1, 0.15) is 23.1 Å². The molecule has 2 aliphatic rings. The van der Waals surface area contributed by atoms with Crippen LogP contribution in [0.3, 0.4) is 0 Å². The van der Waals surface area contributed by atoms with Crippen LogP contribution >= 0.6 is 11.6 Å². The van der Waals surface area contributed by atoms with Crippen molar-refractivity contribution in [2.75, 3.05) is 35.6 Å². The summed E-state index contributed by atoms with van der Waals surface area (Å²) in [7, 11) is 0. The second kappa shape index (κ2) is 8.66. The van der Waals surface area contributed by atoms with E-state index in [0.29, 0.717) is 34.3 Å². The molecule has 2 saturated heterocycles. The van der Waals surface area contributed by atoms with Crippen LogP contribution in [0, 0.1) is 5.92 Å². The van der Waals surface area contributed by atoms with Gasteiger partial charge < -0.3 is 26.0 Å². The molecule has 2 aromatic heterocycles. The molecule has 0 spiro atoms. The first-order valence-corrected chi connectivity index (χ1v) is 11.8. The summed E-state index contributed by atoms with van der Waals surface area (Å²) in [6, 6.07) is 13.7. The van der Waals surface area contributed by atoms with Gasteiger partial charge in [0.05, 0.1) is 16.7 Å². The highest BCUT2D eigenvalue weighted by atomic mass is 35.5. The molecule has 5 N–H and O–H groups in total. The average molecular weight is 477 g/mol. The van der Waals surface area contributed by atoms with Gasteiger partial charge >= 0.3 is 0 Å². The number of halogens is 1. The molecular formula is C24H25ClN8O. The van der Waals surface area contributed by atoms with E-state index in [1.807, 2.05) is 36.4 Å². The van der Waals surface area contributed by atoms with E-state index in [1.54, 1.807) is 12.3 Å². The lowest BCUT2D eigenvalue weighted by Crippen LogP contribution is -2.40. The van der Waals surface area contributed by atoms with Crippen molar-refractivity contribution in [2.24, 2.45) is 5.92 Å². The minimum absolute atomic E-state index is 0.239. The second-order valence-electron chi connectivity index (χ2n) is 8.83. The molecular weight excluding hydrogens is 452 g/mol. The quantitative estimate of drug-likeness (QED) is 0.336. The number of hydrogen-bond acceptors (Lipinski definition) is 8. The van der Waals surface area contributed by atoms with Crippen molar-refractivity contribution in [1.29, 1.82) is 0 Å². The highest BCUT2D eigenvalue weighted by Gasteiger charge is 2.35. The molecule has 0 radical (unpaired) electrons. The molecule has 4 aromatic rings. The second-order valence-corrected chi connectivity index (χ2v) is 9.24. The van der Waals surface area contributed by atoms with Gasteiger partial charge in [-0.05, 0) is 61.7 Å². The van der Waals surface area contributed by atoms with E-state index in [4.69, 9.17) is 22.1 Å². The molecule has 0 unspecified atom stereocenters. The van der Waals surface area contributed by atoms with E-state index in [0.717, 1.165) is 42.0 Å². The van der Waals surface area contributed by atoms with Crippen molar-refractivity contribution < 1.29 is 4.74 Å². The predicted octanol–water partition coefficient (Wildman–Crippen LogP) is 4.31. The number of rotatable bonds is 5.